The fourth-order valence-electron chi connectivity index (χ4n) is 6.81. The van der Waals surface area contributed by atoms with E-state index in [2.05, 4.69) is 152 Å². The highest BCUT2D eigenvalue weighted by Crippen LogP contribution is 2.33. The van der Waals surface area contributed by atoms with E-state index in [0.717, 1.165) is 54.5 Å². The van der Waals surface area contributed by atoms with Gasteiger partial charge in [-0.2, -0.15) is 0 Å². The highest BCUT2D eigenvalue weighted by Gasteiger charge is 2.42. The van der Waals surface area contributed by atoms with Crippen LogP contribution >= 0.6 is 0 Å². The summed E-state index contributed by atoms with van der Waals surface area (Å²) in [4.78, 5) is 28.0. The van der Waals surface area contributed by atoms with E-state index < -0.39 is 5.54 Å². The normalized spacial score (nSPS) is 15.7. The second kappa shape index (κ2) is 23.5. The molecule has 2 aliphatic heterocycles. The van der Waals surface area contributed by atoms with Gasteiger partial charge in [-0.1, -0.05) is 116 Å². The molecule has 0 aromatic heterocycles. The first-order valence-electron chi connectivity index (χ1n) is 22.6. The van der Waals surface area contributed by atoms with Crippen molar-refractivity contribution in [3.8, 4) is 23.0 Å². The van der Waals surface area contributed by atoms with Gasteiger partial charge in [0, 0.05) is 25.0 Å². The summed E-state index contributed by atoms with van der Waals surface area (Å²) in [7, 11) is 3.33. The lowest BCUT2D eigenvalue weighted by Crippen LogP contribution is -2.45. The molecular formula is C52H89N3O6. The van der Waals surface area contributed by atoms with Crippen LogP contribution in [0.4, 0.5) is 0 Å². The van der Waals surface area contributed by atoms with Gasteiger partial charge in [-0.3, -0.25) is 14.5 Å². The molecule has 0 spiro atoms. The predicted molar refractivity (Wildman–Crippen MR) is 256 cm³/mol. The first-order chi connectivity index (χ1) is 27.9. The summed E-state index contributed by atoms with van der Waals surface area (Å²) in [6, 6.07) is 13.1. The Morgan fingerprint density at radius 3 is 1.72 bits per heavy atom. The minimum Gasteiger partial charge on any atom is -0.493 e. The molecule has 0 radical (unpaired) electrons. The second-order valence-electron chi connectivity index (χ2n) is 22.2. The van der Waals surface area contributed by atoms with E-state index in [1.807, 2.05) is 26.0 Å². The van der Waals surface area contributed by atoms with Gasteiger partial charge in [0.15, 0.2) is 23.0 Å². The van der Waals surface area contributed by atoms with Gasteiger partial charge in [0.05, 0.1) is 14.2 Å². The summed E-state index contributed by atoms with van der Waals surface area (Å²) in [6.07, 6.45) is 6.00. The Labute approximate surface area is 373 Å². The molecule has 9 nitrogen and oxygen atoms in total. The van der Waals surface area contributed by atoms with E-state index in [0.29, 0.717) is 55.0 Å². The maximum atomic E-state index is 12.3. The van der Waals surface area contributed by atoms with E-state index in [-0.39, 0.29) is 16.7 Å². The fraction of sp³-hybridized carbons (Fsp3) is 0.692. The smallest absolute Gasteiger partial charge is 0.253 e. The SMILES string of the molecule is C=C1NC(C)(C)C(=O)N1CC(C)(C)C.CC(C)(C)Cc1ccc2c(c1)OCCO2.CCC(C)N(C(=O)CC(C)(C)C)C(C)CC.COc1ccc(CCC(C)(C)C)cc1OC. The Hall–Kier alpha value is -3.88. The van der Waals surface area contributed by atoms with Crippen molar-refractivity contribution in [3.63, 3.8) is 0 Å². The third kappa shape index (κ3) is 20.7. The zero-order valence-corrected chi connectivity index (χ0v) is 42.5. The molecule has 61 heavy (non-hydrogen) atoms. The van der Waals surface area contributed by atoms with Crippen LogP contribution in [0, 0.1) is 21.7 Å². The number of hydrogen-bond acceptors (Lipinski definition) is 7. The quantitative estimate of drug-likeness (QED) is 0.241. The maximum absolute atomic E-state index is 12.3. The number of amides is 2. The first-order valence-corrected chi connectivity index (χ1v) is 22.6. The van der Waals surface area contributed by atoms with Crippen LogP contribution in [0.2, 0.25) is 0 Å². The fourth-order valence-corrected chi connectivity index (χ4v) is 6.81. The van der Waals surface area contributed by atoms with Crippen molar-refractivity contribution in [2.45, 2.75) is 181 Å². The average molecular weight is 852 g/mol. The number of fused-ring (bicyclic) bond motifs is 1. The lowest BCUT2D eigenvalue weighted by molar-refractivity contribution is -0.137. The van der Waals surface area contributed by atoms with Gasteiger partial charge in [-0.25, -0.2) is 0 Å². The molecule has 1 fully saturated rings. The minimum absolute atomic E-state index is 0.0796. The Balaban J connectivity index is 0.000000407. The van der Waals surface area contributed by atoms with Gasteiger partial charge in [-0.05, 0) is 117 Å². The van der Waals surface area contributed by atoms with Gasteiger partial charge in [0.1, 0.15) is 24.6 Å². The largest absolute Gasteiger partial charge is 0.493 e. The van der Waals surface area contributed by atoms with Crippen molar-refractivity contribution in [2.75, 3.05) is 34.0 Å². The number of carbonyl (C=O) groups excluding carboxylic acids is 2. The Morgan fingerprint density at radius 2 is 1.30 bits per heavy atom. The van der Waals surface area contributed by atoms with Crippen LogP contribution in [0.15, 0.2) is 48.8 Å². The van der Waals surface area contributed by atoms with Crippen LogP contribution in [0.5, 0.6) is 23.0 Å². The van der Waals surface area contributed by atoms with Gasteiger partial charge in [0.25, 0.3) is 5.91 Å². The van der Waals surface area contributed by atoms with Crippen molar-refractivity contribution in [3.05, 3.63) is 59.9 Å². The van der Waals surface area contributed by atoms with Gasteiger partial charge in [0.2, 0.25) is 5.91 Å². The molecule has 4 rings (SSSR count). The summed E-state index contributed by atoms with van der Waals surface area (Å²) in [5.74, 6) is 4.50. The number of methoxy groups -OCH3 is 2. The third-order valence-corrected chi connectivity index (χ3v) is 10.2. The summed E-state index contributed by atoms with van der Waals surface area (Å²) in [5, 5.41) is 3.10. The summed E-state index contributed by atoms with van der Waals surface area (Å²) in [6.45, 7) is 44.4. The minimum atomic E-state index is -0.498. The highest BCUT2D eigenvalue weighted by atomic mass is 16.6. The van der Waals surface area contributed by atoms with Gasteiger partial charge in [-0.15, -0.1) is 0 Å². The van der Waals surface area contributed by atoms with Crippen LogP contribution < -0.4 is 24.3 Å². The molecule has 2 amide bonds. The van der Waals surface area contributed by atoms with Gasteiger partial charge >= 0.3 is 0 Å². The van der Waals surface area contributed by atoms with E-state index in [1.165, 1.54) is 17.5 Å². The van der Waals surface area contributed by atoms with Crippen LogP contribution in [-0.2, 0) is 22.4 Å². The number of carbonyl (C=O) groups is 2. The number of benzene rings is 2. The molecule has 348 valence electrons. The van der Waals surface area contributed by atoms with Crippen molar-refractivity contribution in [1.82, 2.24) is 15.1 Å². The molecule has 0 bridgehead atoms. The zero-order chi connectivity index (χ0) is 47.1. The second-order valence-corrected chi connectivity index (χ2v) is 22.2. The van der Waals surface area contributed by atoms with Crippen LogP contribution in [0.3, 0.4) is 0 Å². The number of rotatable bonds is 11. The number of nitrogens with zero attached hydrogens (tertiary/aromatic N) is 2. The van der Waals surface area contributed by atoms with Crippen molar-refractivity contribution < 1.29 is 28.5 Å². The summed E-state index contributed by atoms with van der Waals surface area (Å²) >= 11 is 0. The van der Waals surface area contributed by atoms with Crippen molar-refractivity contribution >= 4 is 11.8 Å². The molecule has 2 aromatic rings. The maximum Gasteiger partial charge on any atom is 0.253 e. The average Bonchev–Trinajstić information content (AvgIpc) is 3.32. The monoisotopic (exact) mass is 852 g/mol. The Kier molecular flexibility index (Phi) is 21.3. The molecular weight excluding hydrogens is 763 g/mol. The number of hydrogen-bond donors (Lipinski definition) is 1. The number of nitrogens with one attached hydrogen (secondary N) is 1. The third-order valence-electron chi connectivity index (χ3n) is 10.2. The molecule has 1 saturated heterocycles. The molecule has 0 saturated carbocycles. The topological polar surface area (TPSA) is 89.6 Å². The molecule has 9 heteroatoms. The number of aryl methyl sites for hydroxylation is 1. The molecule has 1 N–H and O–H groups in total. The van der Waals surface area contributed by atoms with E-state index in [1.54, 1.807) is 19.1 Å². The van der Waals surface area contributed by atoms with Crippen molar-refractivity contribution in [2.24, 2.45) is 21.7 Å². The number of ether oxygens (including phenoxy) is 4. The molecule has 2 atom stereocenters. The van der Waals surface area contributed by atoms with Crippen LogP contribution in [0.25, 0.3) is 0 Å². The van der Waals surface area contributed by atoms with E-state index in [4.69, 9.17) is 18.9 Å². The first kappa shape index (κ1) is 55.1. The van der Waals surface area contributed by atoms with E-state index >= 15 is 0 Å². The predicted octanol–water partition coefficient (Wildman–Crippen LogP) is 12.3. The lowest BCUT2D eigenvalue weighted by Gasteiger charge is -2.36. The Morgan fingerprint density at radius 1 is 0.770 bits per heavy atom. The summed E-state index contributed by atoms with van der Waals surface area (Å²) in [5.41, 5.74) is 2.97. The molecule has 2 heterocycles. The van der Waals surface area contributed by atoms with Gasteiger partial charge < -0.3 is 29.2 Å². The summed E-state index contributed by atoms with van der Waals surface area (Å²) < 4.78 is 21.5. The standard InChI is InChI=1S/C14H29NO.C14H22O2.C13H18O2.C11H20N2O/c1-8-11(3)15(12(4)9-2)13(16)10-14(5,6)7;1-14(2,3)9-8-11-6-7-12(15-4)13(10-11)16-5;1-13(2,3)9-10-4-5-11-12(8-10)15-7-6-14-11;1-8-12-11(5,6)9(14)13(8)7-10(2,3)4/h11-12H,8-10H2,1-7H3;6-7,10H,8-9H2,1-5H3;4-5,8H,6-7,9H2,1-3H3;12H,1,7H2,2-6H3. The zero-order valence-electron chi connectivity index (χ0n) is 42.5. The molecule has 2 unspecified atom stereocenters. The molecule has 0 aliphatic carbocycles. The molecule has 2 aliphatic rings. The van der Waals surface area contributed by atoms with Crippen molar-refractivity contribution in [1.29, 1.82) is 0 Å². The van der Waals surface area contributed by atoms with Crippen LogP contribution in [-0.4, -0.2) is 73.2 Å². The lowest BCUT2D eigenvalue weighted by atomic mass is 9.88. The highest BCUT2D eigenvalue weighted by molar-refractivity contribution is 5.90. The van der Waals surface area contributed by atoms with E-state index in [9.17, 15) is 9.59 Å². The molecule has 2 aromatic carbocycles. The van der Waals surface area contributed by atoms with Crippen LogP contribution in [0.1, 0.15) is 161 Å². The Bertz CT molecular complexity index is 1660.